The first kappa shape index (κ1) is 20.2. The smallest absolute Gasteiger partial charge is 0.259 e. The summed E-state index contributed by atoms with van der Waals surface area (Å²) < 4.78 is 27.5. The first-order valence-corrected chi connectivity index (χ1v) is 12.5. The van der Waals surface area contributed by atoms with E-state index in [0.29, 0.717) is 11.4 Å². The Labute approximate surface area is 146 Å². The van der Waals surface area contributed by atoms with Gasteiger partial charge in [-0.25, -0.2) is 8.42 Å². The predicted molar refractivity (Wildman–Crippen MR) is 97.6 cm³/mol. The second-order valence-electron chi connectivity index (χ2n) is 7.18. The van der Waals surface area contributed by atoms with Crippen LogP contribution in [0.2, 0.25) is 23.2 Å². The molecule has 0 N–H and O–H groups in total. The van der Waals surface area contributed by atoms with Gasteiger partial charge in [0, 0.05) is 11.4 Å². The molecule has 0 atom stereocenters. The van der Waals surface area contributed by atoms with Crippen molar-refractivity contribution in [3.63, 3.8) is 0 Å². The van der Waals surface area contributed by atoms with Gasteiger partial charge in [-0.2, -0.15) is 0 Å². The van der Waals surface area contributed by atoms with Gasteiger partial charge >= 0.3 is 0 Å². The lowest BCUT2D eigenvalue weighted by molar-refractivity contribution is -0.123. The third-order valence-corrected chi connectivity index (χ3v) is 13.2. The van der Waals surface area contributed by atoms with E-state index in [1.54, 1.807) is 0 Å². The molecular weight excluding hydrogens is 350 g/mol. The Morgan fingerprint density at radius 3 is 2.04 bits per heavy atom. The molecule has 0 spiro atoms. The zero-order valence-corrected chi connectivity index (χ0v) is 17.3. The van der Waals surface area contributed by atoms with E-state index in [1.165, 1.54) is 28.2 Å². The molecule has 7 heteroatoms. The molecule has 0 bridgehead atoms. The molecule has 1 aromatic carbocycles. The number of hydrogen-bond acceptors (Lipinski definition) is 3. The van der Waals surface area contributed by atoms with Crippen LogP contribution in [0, 0.1) is 0 Å². The molecule has 1 amide bonds. The quantitative estimate of drug-likeness (QED) is 0.703. The van der Waals surface area contributed by atoms with Crippen molar-refractivity contribution < 1.29 is 13.2 Å². The summed E-state index contributed by atoms with van der Waals surface area (Å²) in [5, 5.41) is 0.179. The van der Waals surface area contributed by atoms with Gasteiger partial charge in [0.15, 0.2) is 8.24 Å². The van der Waals surface area contributed by atoms with Gasteiger partial charge in [-0.15, -0.1) is 0 Å². The molecule has 0 aliphatic carbocycles. The number of sulfonamides is 1. The lowest BCUT2D eigenvalue weighted by Crippen LogP contribution is -2.59. The van der Waals surface area contributed by atoms with Gasteiger partial charge in [-0.05, 0) is 48.8 Å². The number of hydrogen-bond donors (Lipinski definition) is 0. The van der Waals surface area contributed by atoms with E-state index in [0.717, 1.165) is 0 Å². The molecular formula is C16H26ClNO3SSi. The number of nitrogens with zero attached hydrogens (tertiary/aromatic N) is 1. The average Bonchev–Trinajstić information content (AvgIpc) is 2.37. The largest absolute Gasteiger partial charge is 0.275 e. The second kappa shape index (κ2) is 6.95. The van der Waals surface area contributed by atoms with Gasteiger partial charge in [-0.1, -0.05) is 39.3 Å². The number of carbonyl (C=O) groups is 1. The Morgan fingerprint density at radius 2 is 1.65 bits per heavy atom. The van der Waals surface area contributed by atoms with Crippen molar-refractivity contribution >= 4 is 35.8 Å². The molecule has 1 aromatic rings. The fourth-order valence-electron chi connectivity index (χ4n) is 2.08. The molecule has 4 nitrogen and oxygen atoms in total. The molecule has 0 unspecified atom stereocenters. The Bertz CT molecular complexity index is 664. The minimum Gasteiger partial charge on any atom is -0.275 e. The number of benzene rings is 1. The van der Waals surface area contributed by atoms with Gasteiger partial charge in [0.2, 0.25) is 5.91 Å². The fraction of sp³-hybridized carbons (Fsp3) is 0.562. The molecule has 0 saturated carbocycles. The maximum Gasteiger partial charge on any atom is 0.259 e. The van der Waals surface area contributed by atoms with E-state index < -0.39 is 18.3 Å². The van der Waals surface area contributed by atoms with Crippen LogP contribution in [0.3, 0.4) is 0 Å². The first-order valence-electron chi connectivity index (χ1n) is 7.69. The highest BCUT2D eigenvalue weighted by Gasteiger charge is 2.49. The van der Waals surface area contributed by atoms with Gasteiger partial charge < -0.3 is 0 Å². The van der Waals surface area contributed by atoms with Crippen LogP contribution in [0.1, 0.15) is 40.5 Å². The number of rotatable bonds is 5. The molecule has 0 saturated heterocycles. The van der Waals surface area contributed by atoms with Gasteiger partial charge in [0.05, 0.1) is 4.90 Å². The van der Waals surface area contributed by atoms with Crippen LogP contribution in [-0.2, 0) is 14.8 Å². The van der Waals surface area contributed by atoms with Crippen molar-refractivity contribution in [1.82, 2.24) is 3.97 Å². The molecule has 0 aromatic heterocycles. The molecule has 1 rings (SSSR count). The van der Waals surface area contributed by atoms with E-state index >= 15 is 0 Å². The Balaban J connectivity index is 3.51. The normalized spacial score (nSPS) is 13.0. The average molecular weight is 376 g/mol. The summed E-state index contributed by atoms with van der Waals surface area (Å²) in [6.07, 6.45) is 0.833. The van der Waals surface area contributed by atoms with E-state index in [-0.39, 0.29) is 22.3 Å². The van der Waals surface area contributed by atoms with E-state index in [4.69, 9.17) is 11.6 Å². The van der Waals surface area contributed by atoms with E-state index in [1.807, 2.05) is 40.8 Å². The Morgan fingerprint density at radius 1 is 1.17 bits per heavy atom. The van der Waals surface area contributed by atoms with E-state index in [2.05, 4.69) is 0 Å². The maximum atomic E-state index is 13.2. The Kier molecular flexibility index (Phi) is 6.10. The minimum absolute atomic E-state index is 0.108. The SMILES string of the molecule is CCCC(=O)N([Si](C)(C)C(C)(C)C)S(=O)(=O)c1ccc(Cl)cc1. The summed E-state index contributed by atoms with van der Waals surface area (Å²) >= 11 is 5.85. The molecule has 0 aliphatic rings. The highest BCUT2D eigenvalue weighted by atomic mass is 35.5. The molecule has 130 valence electrons. The summed E-state index contributed by atoms with van der Waals surface area (Å²) in [6, 6.07) is 5.97. The van der Waals surface area contributed by atoms with Gasteiger partial charge in [0.25, 0.3) is 10.0 Å². The fourth-order valence-corrected chi connectivity index (χ4v) is 8.14. The van der Waals surface area contributed by atoms with Crippen molar-refractivity contribution in [2.45, 2.75) is 63.6 Å². The topological polar surface area (TPSA) is 54.5 Å². The predicted octanol–water partition coefficient (Wildman–Crippen LogP) is 4.66. The zero-order valence-electron chi connectivity index (χ0n) is 14.7. The summed E-state index contributed by atoms with van der Waals surface area (Å²) in [5.74, 6) is -0.325. The monoisotopic (exact) mass is 375 g/mol. The van der Waals surface area contributed by atoms with Crippen molar-refractivity contribution in [3.8, 4) is 0 Å². The third-order valence-electron chi connectivity index (χ3n) is 4.39. The highest BCUT2D eigenvalue weighted by molar-refractivity contribution is 7.91. The number of carbonyl (C=O) groups excluding carboxylic acids is 1. The molecule has 0 fully saturated rings. The first-order chi connectivity index (χ1) is 10.4. The maximum absolute atomic E-state index is 13.2. The number of amides is 1. The van der Waals surface area contributed by atoms with Crippen LogP contribution in [0.15, 0.2) is 29.2 Å². The van der Waals surface area contributed by atoms with Crippen LogP contribution >= 0.6 is 11.6 Å². The summed E-state index contributed by atoms with van der Waals surface area (Å²) in [6.45, 7) is 11.7. The van der Waals surface area contributed by atoms with Crippen molar-refractivity contribution in [2.75, 3.05) is 0 Å². The molecule has 0 heterocycles. The van der Waals surface area contributed by atoms with Crippen molar-refractivity contribution in [2.24, 2.45) is 0 Å². The van der Waals surface area contributed by atoms with Crippen LogP contribution < -0.4 is 0 Å². The Hall–Kier alpha value is -0.853. The van der Waals surface area contributed by atoms with Crippen molar-refractivity contribution in [1.29, 1.82) is 0 Å². The van der Waals surface area contributed by atoms with Crippen LogP contribution in [0.4, 0.5) is 0 Å². The van der Waals surface area contributed by atoms with Crippen molar-refractivity contribution in [3.05, 3.63) is 29.3 Å². The highest BCUT2D eigenvalue weighted by Crippen LogP contribution is 2.41. The number of halogens is 1. The standard InChI is InChI=1S/C16H26ClNO3SSi/c1-7-8-15(19)18(23(5,6)16(2,3)4)22(20,21)14-11-9-13(17)10-12-14/h9-12H,7-8H2,1-6H3. The third kappa shape index (κ3) is 4.16. The van der Waals surface area contributed by atoms with Gasteiger partial charge in [-0.3, -0.25) is 8.77 Å². The minimum atomic E-state index is -3.89. The van der Waals surface area contributed by atoms with Crippen LogP contribution in [-0.4, -0.2) is 26.5 Å². The van der Waals surface area contributed by atoms with Gasteiger partial charge in [0.1, 0.15) is 0 Å². The van der Waals surface area contributed by atoms with Crippen LogP contribution in [0.5, 0.6) is 0 Å². The zero-order chi connectivity index (χ0) is 18.1. The summed E-state index contributed by atoms with van der Waals surface area (Å²) in [7, 11) is -6.50. The second-order valence-corrected chi connectivity index (χ2v) is 14.8. The van der Waals surface area contributed by atoms with Crippen LogP contribution in [0.25, 0.3) is 0 Å². The van der Waals surface area contributed by atoms with E-state index in [9.17, 15) is 13.2 Å². The summed E-state index contributed by atoms with van der Waals surface area (Å²) in [5.41, 5.74) is 0. The lowest BCUT2D eigenvalue weighted by atomic mass is 10.2. The molecule has 23 heavy (non-hydrogen) atoms. The lowest BCUT2D eigenvalue weighted by Gasteiger charge is -2.44. The summed E-state index contributed by atoms with van der Waals surface area (Å²) in [4.78, 5) is 12.8. The molecule has 0 radical (unpaired) electrons. The molecule has 0 aliphatic heterocycles.